The van der Waals surface area contributed by atoms with Crippen molar-refractivity contribution in [3.8, 4) is 0 Å². The highest BCUT2D eigenvalue weighted by atomic mass is 79.9. The average Bonchev–Trinajstić information content (AvgIpc) is 2.46. The van der Waals surface area contributed by atoms with E-state index in [1.54, 1.807) is 6.20 Å². The van der Waals surface area contributed by atoms with E-state index < -0.39 is 0 Å². The molecule has 1 N–H and O–H groups in total. The summed E-state index contributed by atoms with van der Waals surface area (Å²) in [5.41, 5.74) is 1.78. The normalized spacial score (nSPS) is 10.6. The number of nitrogens with zero attached hydrogens (tertiary/aromatic N) is 2. The van der Waals surface area contributed by atoms with E-state index >= 15 is 0 Å². The molecule has 106 valence electrons. The molecule has 0 aliphatic heterocycles. The van der Waals surface area contributed by atoms with Gasteiger partial charge in [0.05, 0.1) is 11.9 Å². The molecule has 2 aromatic rings. The van der Waals surface area contributed by atoms with E-state index in [2.05, 4.69) is 26.3 Å². The molecule has 4 nitrogen and oxygen atoms in total. The van der Waals surface area contributed by atoms with Crippen LogP contribution in [-0.4, -0.2) is 16.3 Å². The van der Waals surface area contributed by atoms with Crippen molar-refractivity contribution >= 4 is 33.2 Å². The fourth-order valence-electron chi connectivity index (χ4n) is 1.81. The standard InChI is InChI=1S/C14H15BrClN3O/c1-2-19-14(20)13(15)12(9-18-19)17-8-7-10-3-5-11(16)6-4-10/h3-6,9,17H,2,7-8H2,1H3. The van der Waals surface area contributed by atoms with Crippen LogP contribution >= 0.6 is 27.5 Å². The molecule has 0 aliphatic rings. The van der Waals surface area contributed by atoms with Gasteiger partial charge in [-0.05, 0) is 47.0 Å². The van der Waals surface area contributed by atoms with E-state index in [-0.39, 0.29) is 5.56 Å². The third kappa shape index (κ3) is 3.61. The topological polar surface area (TPSA) is 46.9 Å². The molecule has 1 aromatic heterocycles. The van der Waals surface area contributed by atoms with Gasteiger partial charge < -0.3 is 5.32 Å². The molecule has 0 radical (unpaired) electrons. The van der Waals surface area contributed by atoms with Crippen LogP contribution in [0.2, 0.25) is 5.02 Å². The molecule has 2 rings (SSSR count). The Morgan fingerprint density at radius 3 is 2.70 bits per heavy atom. The van der Waals surface area contributed by atoms with Crippen LogP contribution in [0.4, 0.5) is 5.69 Å². The molecule has 0 aliphatic carbocycles. The lowest BCUT2D eigenvalue weighted by molar-refractivity contribution is 0.613. The van der Waals surface area contributed by atoms with Crippen molar-refractivity contribution in [2.45, 2.75) is 19.9 Å². The van der Waals surface area contributed by atoms with Crippen LogP contribution in [0.5, 0.6) is 0 Å². The Bertz CT molecular complexity index is 640. The summed E-state index contributed by atoms with van der Waals surface area (Å²) in [6.45, 7) is 3.16. The second-order valence-corrected chi connectivity index (χ2v) is 5.53. The minimum atomic E-state index is -0.121. The van der Waals surface area contributed by atoms with E-state index in [1.165, 1.54) is 10.2 Å². The Morgan fingerprint density at radius 2 is 2.05 bits per heavy atom. The van der Waals surface area contributed by atoms with Crippen LogP contribution < -0.4 is 10.9 Å². The molecule has 0 spiro atoms. The van der Waals surface area contributed by atoms with Crippen LogP contribution in [0.3, 0.4) is 0 Å². The molecule has 20 heavy (non-hydrogen) atoms. The number of halogens is 2. The number of benzene rings is 1. The molecule has 1 heterocycles. The number of hydrogen-bond acceptors (Lipinski definition) is 3. The predicted molar refractivity (Wildman–Crippen MR) is 85.5 cm³/mol. The number of aryl methyl sites for hydroxylation is 1. The fourth-order valence-corrected chi connectivity index (χ4v) is 2.38. The molecule has 0 bridgehead atoms. The van der Waals surface area contributed by atoms with Crippen molar-refractivity contribution in [1.29, 1.82) is 0 Å². The van der Waals surface area contributed by atoms with Crippen LogP contribution in [0.1, 0.15) is 12.5 Å². The van der Waals surface area contributed by atoms with Gasteiger partial charge in [0.25, 0.3) is 5.56 Å². The second kappa shape index (κ2) is 6.90. The first-order valence-electron chi connectivity index (χ1n) is 6.35. The summed E-state index contributed by atoms with van der Waals surface area (Å²) >= 11 is 9.16. The lowest BCUT2D eigenvalue weighted by Crippen LogP contribution is -2.23. The van der Waals surface area contributed by atoms with Crippen LogP contribution in [-0.2, 0) is 13.0 Å². The zero-order chi connectivity index (χ0) is 14.5. The number of nitrogens with one attached hydrogen (secondary N) is 1. The molecule has 6 heteroatoms. The lowest BCUT2D eigenvalue weighted by Gasteiger charge is -2.09. The van der Waals surface area contributed by atoms with Gasteiger partial charge in [0.1, 0.15) is 4.47 Å². The fraction of sp³-hybridized carbons (Fsp3) is 0.286. The zero-order valence-electron chi connectivity index (χ0n) is 11.1. The highest BCUT2D eigenvalue weighted by Crippen LogP contribution is 2.16. The van der Waals surface area contributed by atoms with Gasteiger partial charge in [0, 0.05) is 18.1 Å². The van der Waals surface area contributed by atoms with Gasteiger partial charge in [-0.25, -0.2) is 4.68 Å². The van der Waals surface area contributed by atoms with E-state index in [1.807, 2.05) is 31.2 Å². The quantitative estimate of drug-likeness (QED) is 0.894. The maximum Gasteiger partial charge on any atom is 0.283 e. The van der Waals surface area contributed by atoms with Crippen LogP contribution in [0.15, 0.2) is 39.7 Å². The minimum Gasteiger partial charge on any atom is -0.382 e. The summed E-state index contributed by atoms with van der Waals surface area (Å²) in [6.07, 6.45) is 2.51. The van der Waals surface area contributed by atoms with E-state index in [4.69, 9.17) is 11.6 Å². The molecule has 0 atom stereocenters. The van der Waals surface area contributed by atoms with Gasteiger partial charge in [-0.2, -0.15) is 5.10 Å². The van der Waals surface area contributed by atoms with Crippen molar-refractivity contribution in [3.05, 3.63) is 55.9 Å². The molecule has 0 saturated heterocycles. The van der Waals surface area contributed by atoms with Crippen molar-refractivity contribution < 1.29 is 0 Å². The predicted octanol–water partition coefficient (Wildman–Crippen LogP) is 3.33. The molecule has 0 unspecified atom stereocenters. The highest BCUT2D eigenvalue weighted by molar-refractivity contribution is 9.10. The van der Waals surface area contributed by atoms with Crippen molar-refractivity contribution in [3.63, 3.8) is 0 Å². The Morgan fingerprint density at radius 1 is 1.35 bits per heavy atom. The lowest BCUT2D eigenvalue weighted by atomic mass is 10.1. The van der Waals surface area contributed by atoms with Crippen molar-refractivity contribution in [2.24, 2.45) is 0 Å². The number of aromatic nitrogens is 2. The van der Waals surface area contributed by atoms with Gasteiger partial charge in [0.2, 0.25) is 0 Å². The maximum atomic E-state index is 11.9. The van der Waals surface area contributed by atoms with Crippen LogP contribution in [0, 0.1) is 0 Å². The summed E-state index contributed by atoms with van der Waals surface area (Å²) in [5.74, 6) is 0. The Labute approximate surface area is 130 Å². The van der Waals surface area contributed by atoms with Gasteiger partial charge in [-0.15, -0.1) is 0 Å². The number of anilines is 1. The molecule has 0 saturated carbocycles. The third-order valence-corrected chi connectivity index (χ3v) is 3.95. The first-order valence-corrected chi connectivity index (χ1v) is 7.53. The first kappa shape index (κ1) is 15.1. The van der Waals surface area contributed by atoms with Crippen molar-refractivity contribution in [2.75, 3.05) is 11.9 Å². The number of rotatable bonds is 5. The largest absolute Gasteiger partial charge is 0.382 e. The van der Waals surface area contributed by atoms with Gasteiger partial charge in [-0.3, -0.25) is 4.79 Å². The maximum absolute atomic E-state index is 11.9. The summed E-state index contributed by atoms with van der Waals surface area (Å²) in [5, 5.41) is 8.03. The Balaban J connectivity index is 1.99. The summed E-state index contributed by atoms with van der Waals surface area (Å²) < 4.78 is 1.93. The van der Waals surface area contributed by atoms with Crippen molar-refractivity contribution in [1.82, 2.24) is 9.78 Å². The summed E-state index contributed by atoms with van der Waals surface area (Å²) in [6, 6.07) is 7.73. The highest BCUT2D eigenvalue weighted by Gasteiger charge is 2.07. The molecule has 0 amide bonds. The smallest absolute Gasteiger partial charge is 0.283 e. The third-order valence-electron chi connectivity index (χ3n) is 2.93. The molecular formula is C14H15BrClN3O. The summed E-state index contributed by atoms with van der Waals surface area (Å²) in [4.78, 5) is 11.9. The average molecular weight is 357 g/mol. The molecule has 1 aromatic carbocycles. The van der Waals surface area contributed by atoms with Crippen LogP contribution in [0.25, 0.3) is 0 Å². The SMILES string of the molecule is CCn1ncc(NCCc2ccc(Cl)cc2)c(Br)c1=O. The second-order valence-electron chi connectivity index (χ2n) is 4.30. The summed E-state index contributed by atoms with van der Waals surface area (Å²) in [7, 11) is 0. The van der Waals surface area contributed by atoms with Gasteiger partial charge in [-0.1, -0.05) is 23.7 Å². The number of hydrogen-bond donors (Lipinski definition) is 1. The van der Waals surface area contributed by atoms with E-state index in [0.717, 1.165) is 18.0 Å². The Kier molecular flexibility index (Phi) is 5.20. The Hall–Kier alpha value is -1.33. The van der Waals surface area contributed by atoms with E-state index in [0.29, 0.717) is 16.7 Å². The first-order chi connectivity index (χ1) is 9.61. The molecule has 0 fully saturated rings. The monoisotopic (exact) mass is 355 g/mol. The van der Waals surface area contributed by atoms with E-state index in [9.17, 15) is 4.79 Å². The van der Waals surface area contributed by atoms with Gasteiger partial charge >= 0.3 is 0 Å². The minimum absolute atomic E-state index is 0.121. The molecular weight excluding hydrogens is 342 g/mol. The van der Waals surface area contributed by atoms with Gasteiger partial charge in [0.15, 0.2) is 0 Å². The zero-order valence-corrected chi connectivity index (χ0v) is 13.4.